The highest BCUT2D eigenvalue weighted by atomic mass is 16.4. The van der Waals surface area contributed by atoms with Gasteiger partial charge in [0.15, 0.2) is 5.84 Å². The lowest BCUT2D eigenvalue weighted by Gasteiger charge is -2.31. The van der Waals surface area contributed by atoms with Gasteiger partial charge < -0.3 is 20.9 Å². The van der Waals surface area contributed by atoms with Gasteiger partial charge >= 0.3 is 0 Å². The third-order valence-electron chi connectivity index (χ3n) is 2.93. The number of anilines is 1. The van der Waals surface area contributed by atoms with Crippen LogP contribution in [0.1, 0.15) is 18.4 Å². The van der Waals surface area contributed by atoms with Crippen LogP contribution in [0, 0.1) is 0 Å². The molecule has 2 rings (SSSR count). The zero-order chi connectivity index (χ0) is 12.3. The van der Waals surface area contributed by atoms with Crippen LogP contribution in [0.2, 0.25) is 0 Å². The smallest absolute Gasteiger partial charge is 0.173 e. The molecule has 0 saturated carbocycles. The molecule has 0 aromatic carbocycles. The zero-order valence-corrected chi connectivity index (χ0v) is 9.45. The van der Waals surface area contributed by atoms with Crippen LogP contribution in [0.25, 0.3) is 0 Å². The summed E-state index contributed by atoms with van der Waals surface area (Å²) in [6.07, 6.45) is 2.87. The first-order valence-corrected chi connectivity index (χ1v) is 5.58. The number of aliphatic hydroxyl groups excluding tert-OH is 1. The van der Waals surface area contributed by atoms with Crippen LogP contribution in [0.4, 0.5) is 5.82 Å². The van der Waals surface area contributed by atoms with Crippen molar-refractivity contribution in [3.8, 4) is 0 Å². The Morgan fingerprint density at radius 2 is 2.18 bits per heavy atom. The molecular formula is C11H16N4O2. The summed E-state index contributed by atoms with van der Waals surface area (Å²) in [5, 5.41) is 21.2. The Bertz CT molecular complexity index is 414. The molecule has 0 amide bonds. The molecular weight excluding hydrogens is 220 g/mol. The van der Waals surface area contributed by atoms with Gasteiger partial charge in [-0.25, -0.2) is 4.98 Å². The molecule has 6 nitrogen and oxygen atoms in total. The normalized spacial score (nSPS) is 18.4. The number of piperidine rings is 1. The molecule has 1 fully saturated rings. The second kappa shape index (κ2) is 5.01. The molecule has 4 N–H and O–H groups in total. The predicted molar refractivity (Wildman–Crippen MR) is 64.2 cm³/mol. The Morgan fingerprint density at radius 1 is 1.47 bits per heavy atom. The van der Waals surface area contributed by atoms with Crippen LogP contribution in [0.15, 0.2) is 23.5 Å². The number of aliphatic hydroxyl groups is 1. The predicted octanol–water partition coefficient (Wildman–Crippen LogP) is 0.137. The fraction of sp³-hybridized carbons (Fsp3) is 0.455. The van der Waals surface area contributed by atoms with Gasteiger partial charge in [-0.1, -0.05) is 5.16 Å². The summed E-state index contributed by atoms with van der Waals surface area (Å²) in [5.41, 5.74) is 6.23. The highest BCUT2D eigenvalue weighted by Crippen LogP contribution is 2.21. The van der Waals surface area contributed by atoms with E-state index >= 15 is 0 Å². The number of oxime groups is 1. The minimum absolute atomic E-state index is 0.0548. The molecule has 1 aromatic heterocycles. The SMILES string of the molecule is N/C(=N\O)c1cccnc1N1CCC(O)CC1. The minimum Gasteiger partial charge on any atom is -0.409 e. The van der Waals surface area contributed by atoms with Gasteiger partial charge in [0.2, 0.25) is 0 Å². The fourth-order valence-corrected chi connectivity index (χ4v) is 1.98. The fourth-order valence-electron chi connectivity index (χ4n) is 1.98. The molecule has 0 radical (unpaired) electrons. The van der Waals surface area contributed by atoms with E-state index in [-0.39, 0.29) is 11.9 Å². The first-order chi connectivity index (χ1) is 8.22. The van der Waals surface area contributed by atoms with Crippen LogP contribution in [0.3, 0.4) is 0 Å². The van der Waals surface area contributed by atoms with Gasteiger partial charge in [0.25, 0.3) is 0 Å². The van der Waals surface area contributed by atoms with Crippen LogP contribution in [-0.2, 0) is 0 Å². The highest BCUT2D eigenvalue weighted by Gasteiger charge is 2.21. The van der Waals surface area contributed by atoms with E-state index in [2.05, 4.69) is 10.1 Å². The summed E-state index contributed by atoms with van der Waals surface area (Å²) >= 11 is 0. The lowest BCUT2D eigenvalue weighted by molar-refractivity contribution is 0.145. The van der Waals surface area contributed by atoms with Gasteiger partial charge in [0, 0.05) is 19.3 Å². The number of nitrogens with two attached hydrogens (primary N) is 1. The van der Waals surface area contributed by atoms with Crippen molar-refractivity contribution in [2.75, 3.05) is 18.0 Å². The second-order valence-corrected chi connectivity index (χ2v) is 4.08. The molecule has 1 saturated heterocycles. The lowest BCUT2D eigenvalue weighted by atomic mass is 10.1. The number of hydrogen-bond donors (Lipinski definition) is 3. The maximum atomic E-state index is 9.46. The van der Waals surface area contributed by atoms with Gasteiger partial charge in [0.05, 0.1) is 11.7 Å². The largest absolute Gasteiger partial charge is 0.409 e. The number of amidine groups is 1. The molecule has 0 spiro atoms. The van der Waals surface area contributed by atoms with E-state index in [9.17, 15) is 5.11 Å². The van der Waals surface area contributed by atoms with Crippen molar-refractivity contribution in [1.82, 2.24) is 4.98 Å². The Balaban J connectivity index is 2.26. The Labute approximate surface area is 99.4 Å². The molecule has 92 valence electrons. The molecule has 1 aromatic rings. The summed E-state index contributed by atoms with van der Waals surface area (Å²) in [4.78, 5) is 6.31. The third-order valence-corrected chi connectivity index (χ3v) is 2.93. The summed E-state index contributed by atoms with van der Waals surface area (Å²) in [7, 11) is 0. The van der Waals surface area contributed by atoms with Crippen molar-refractivity contribution in [2.24, 2.45) is 10.9 Å². The van der Waals surface area contributed by atoms with E-state index in [1.54, 1.807) is 18.3 Å². The molecule has 0 atom stereocenters. The molecule has 6 heteroatoms. The standard InChI is InChI=1S/C11H16N4O2/c12-10(14-17)9-2-1-5-13-11(9)15-6-3-8(16)4-7-15/h1-2,5,8,16-17H,3-4,6-7H2,(H2,12,14). The van der Waals surface area contributed by atoms with Crippen molar-refractivity contribution in [3.05, 3.63) is 23.9 Å². The second-order valence-electron chi connectivity index (χ2n) is 4.08. The average Bonchev–Trinajstić information content (AvgIpc) is 2.39. The van der Waals surface area contributed by atoms with E-state index in [0.29, 0.717) is 24.2 Å². The van der Waals surface area contributed by atoms with Crippen LogP contribution in [-0.4, -0.2) is 40.3 Å². The van der Waals surface area contributed by atoms with E-state index in [0.717, 1.165) is 13.1 Å². The number of aromatic nitrogens is 1. The van der Waals surface area contributed by atoms with Gasteiger partial charge in [0.1, 0.15) is 5.82 Å². The Hall–Kier alpha value is -1.82. The number of nitrogens with zero attached hydrogens (tertiary/aromatic N) is 3. The first-order valence-electron chi connectivity index (χ1n) is 5.58. The van der Waals surface area contributed by atoms with Gasteiger partial charge in [-0.3, -0.25) is 0 Å². The summed E-state index contributed by atoms with van der Waals surface area (Å²) in [6, 6.07) is 3.51. The van der Waals surface area contributed by atoms with Crippen LogP contribution in [0.5, 0.6) is 0 Å². The Kier molecular flexibility index (Phi) is 3.43. The molecule has 1 aliphatic rings. The maximum Gasteiger partial charge on any atom is 0.173 e. The molecule has 0 bridgehead atoms. The monoisotopic (exact) mass is 236 g/mol. The van der Waals surface area contributed by atoms with E-state index in [1.807, 2.05) is 4.90 Å². The topological polar surface area (TPSA) is 95.0 Å². The highest BCUT2D eigenvalue weighted by molar-refractivity contribution is 6.01. The van der Waals surface area contributed by atoms with E-state index < -0.39 is 0 Å². The van der Waals surface area contributed by atoms with Crippen molar-refractivity contribution >= 4 is 11.7 Å². The van der Waals surface area contributed by atoms with Gasteiger partial charge in [-0.15, -0.1) is 0 Å². The quantitative estimate of drug-likeness (QED) is 0.294. The number of hydrogen-bond acceptors (Lipinski definition) is 5. The van der Waals surface area contributed by atoms with E-state index in [1.165, 1.54) is 0 Å². The van der Waals surface area contributed by atoms with Crippen molar-refractivity contribution in [3.63, 3.8) is 0 Å². The van der Waals surface area contributed by atoms with Gasteiger partial charge in [-0.05, 0) is 25.0 Å². The van der Waals surface area contributed by atoms with Crippen molar-refractivity contribution < 1.29 is 10.3 Å². The summed E-state index contributed by atoms with van der Waals surface area (Å²) in [5.74, 6) is 0.758. The number of rotatable bonds is 2. The van der Waals surface area contributed by atoms with Crippen molar-refractivity contribution in [1.29, 1.82) is 0 Å². The third kappa shape index (κ3) is 2.47. The average molecular weight is 236 g/mol. The molecule has 0 aliphatic carbocycles. The first kappa shape index (κ1) is 11.7. The van der Waals surface area contributed by atoms with Crippen molar-refractivity contribution in [2.45, 2.75) is 18.9 Å². The lowest BCUT2D eigenvalue weighted by Crippen LogP contribution is -2.37. The Morgan fingerprint density at radius 3 is 2.82 bits per heavy atom. The van der Waals surface area contributed by atoms with Crippen LogP contribution < -0.4 is 10.6 Å². The minimum atomic E-state index is -0.234. The molecule has 1 aliphatic heterocycles. The summed E-state index contributed by atoms with van der Waals surface area (Å²) in [6.45, 7) is 1.45. The number of pyridine rings is 1. The van der Waals surface area contributed by atoms with Gasteiger partial charge in [-0.2, -0.15) is 0 Å². The molecule has 2 heterocycles. The molecule has 0 unspecified atom stereocenters. The maximum absolute atomic E-state index is 9.46. The summed E-state index contributed by atoms with van der Waals surface area (Å²) < 4.78 is 0. The zero-order valence-electron chi connectivity index (χ0n) is 9.45. The molecule has 17 heavy (non-hydrogen) atoms. The van der Waals surface area contributed by atoms with Crippen LogP contribution >= 0.6 is 0 Å². The van der Waals surface area contributed by atoms with E-state index in [4.69, 9.17) is 10.9 Å².